The van der Waals surface area contributed by atoms with Gasteiger partial charge in [0.2, 0.25) is 5.13 Å². The van der Waals surface area contributed by atoms with Gasteiger partial charge >= 0.3 is 6.18 Å². The van der Waals surface area contributed by atoms with E-state index in [9.17, 15) is 18.4 Å². The van der Waals surface area contributed by atoms with Crippen molar-refractivity contribution in [1.82, 2.24) is 19.6 Å². The highest BCUT2D eigenvalue weighted by Crippen LogP contribution is 2.40. The van der Waals surface area contributed by atoms with E-state index in [4.69, 9.17) is 14.2 Å². The van der Waals surface area contributed by atoms with Crippen molar-refractivity contribution in [2.45, 2.75) is 17.6 Å². The molecule has 0 aliphatic heterocycles. The molecule has 0 atom stereocenters. The number of aromatic nitrogens is 4. The first kappa shape index (κ1) is 33.3. The van der Waals surface area contributed by atoms with Crippen LogP contribution in [0.2, 0.25) is 0 Å². The summed E-state index contributed by atoms with van der Waals surface area (Å²) in [7, 11) is 3.19. The average molecular weight is 699 g/mol. The van der Waals surface area contributed by atoms with Crippen LogP contribution in [0.25, 0.3) is 22.3 Å². The molecule has 2 aromatic heterocycles. The maximum Gasteiger partial charge on any atom is 0.416 e. The fourth-order valence-corrected chi connectivity index (χ4v) is 6.40. The van der Waals surface area contributed by atoms with Crippen LogP contribution in [0.1, 0.15) is 16.7 Å². The SMILES string of the molecule is COc1ccc(CN(Sc2ccc(Oc3ccc(-c4ccc(C(F)(F)F)cc4)cc3-c3ccnnc3)c(C#N)c2)c2ncns2)c(OC)c1. The van der Waals surface area contributed by atoms with Crippen LogP contribution in [0.15, 0.2) is 109 Å². The third-order valence-corrected chi connectivity index (χ3v) is 9.09. The minimum atomic E-state index is -4.43. The number of rotatable bonds is 11. The topological polar surface area (TPSA) is 106 Å². The van der Waals surface area contributed by atoms with Gasteiger partial charge in [0.15, 0.2) is 0 Å². The second-order valence-electron chi connectivity index (χ2n) is 10.3. The summed E-state index contributed by atoms with van der Waals surface area (Å²) in [5.74, 6) is 2.06. The molecule has 6 aromatic rings. The molecule has 0 aliphatic carbocycles. The van der Waals surface area contributed by atoms with Crippen LogP contribution in [0.4, 0.5) is 18.3 Å². The van der Waals surface area contributed by atoms with Crippen LogP contribution in [0.5, 0.6) is 23.0 Å². The summed E-state index contributed by atoms with van der Waals surface area (Å²) < 4.78 is 62.8. The quantitative estimate of drug-likeness (QED) is 0.122. The zero-order valence-electron chi connectivity index (χ0n) is 25.9. The number of ether oxygens (including phenoxy) is 3. The lowest BCUT2D eigenvalue weighted by Gasteiger charge is -2.22. The predicted molar refractivity (Wildman–Crippen MR) is 181 cm³/mol. The number of nitriles is 1. The zero-order chi connectivity index (χ0) is 34.4. The lowest BCUT2D eigenvalue weighted by molar-refractivity contribution is -0.137. The van der Waals surface area contributed by atoms with Crippen LogP contribution in [0, 0.1) is 11.3 Å². The number of nitrogens with zero attached hydrogens (tertiary/aromatic N) is 6. The van der Waals surface area contributed by atoms with E-state index < -0.39 is 11.7 Å². The Kier molecular flexibility index (Phi) is 9.93. The summed E-state index contributed by atoms with van der Waals surface area (Å²) in [6.45, 7) is 0.418. The van der Waals surface area contributed by atoms with Crippen molar-refractivity contribution in [1.29, 1.82) is 5.26 Å². The van der Waals surface area contributed by atoms with Crippen LogP contribution < -0.4 is 18.5 Å². The number of hydrogen-bond acceptors (Lipinski definition) is 11. The van der Waals surface area contributed by atoms with Crippen LogP contribution >= 0.6 is 23.5 Å². The first-order valence-electron chi connectivity index (χ1n) is 14.5. The zero-order valence-corrected chi connectivity index (χ0v) is 27.5. The average Bonchev–Trinajstić information content (AvgIpc) is 3.67. The Hall–Kier alpha value is -5.65. The Morgan fingerprint density at radius 1 is 0.837 bits per heavy atom. The maximum atomic E-state index is 13.2. The first-order valence-corrected chi connectivity index (χ1v) is 16.0. The summed E-state index contributed by atoms with van der Waals surface area (Å²) >= 11 is 2.61. The number of anilines is 1. The van der Waals surface area contributed by atoms with E-state index in [1.165, 1.54) is 48.1 Å². The van der Waals surface area contributed by atoms with E-state index >= 15 is 0 Å². The number of methoxy groups -OCH3 is 2. The molecule has 49 heavy (non-hydrogen) atoms. The van der Waals surface area contributed by atoms with E-state index in [0.29, 0.717) is 56.9 Å². The molecular weight excluding hydrogens is 674 g/mol. The van der Waals surface area contributed by atoms with Crippen LogP contribution in [-0.4, -0.2) is 33.8 Å². The van der Waals surface area contributed by atoms with Gasteiger partial charge in [0, 0.05) is 39.2 Å². The van der Waals surface area contributed by atoms with Crippen molar-refractivity contribution in [2.24, 2.45) is 0 Å². The molecule has 0 fully saturated rings. The standard InChI is InChI=1S/C35H25F3N6O3S2/c1-45-28-9-5-25(33(17-28)46-2)20-44(34-40-21-43-48-34)49-29-10-12-31(26(15-29)18-39)47-32-11-6-23(16-30(32)24-13-14-41-42-19-24)22-3-7-27(8-4-22)35(36,37)38/h3-17,19,21H,20H2,1-2H3. The largest absolute Gasteiger partial charge is 0.497 e. The van der Waals surface area contributed by atoms with Gasteiger partial charge in [0.1, 0.15) is 35.4 Å². The second kappa shape index (κ2) is 14.6. The molecule has 246 valence electrons. The fraction of sp³-hybridized carbons (Fsp3) is 0.114. The maximum absolute atomic E-state index is 13.2. The summed E-state index contributed by atoms with van der Waals surface area (Å²) in [6, 6.07) is 25.0. The summed E-state index contributed by atoms with van der Waals surface area (Å²) in [5, 5.41) is 18.6. The molecule has 0 radical (unpaired) electrons. The molecule has 4 aromatic carbocycles. The highest BCUT2D eigenvalue weighted by molar-refractivity contribution is 8.00. The van der Waals surface area contributed by atoms with E-state index in [1.54, 1.807) is 56.8 Å². The highest BCUT2D eigenvalue weighted by atomic mass is 32.2. The summed E-state index contributed by atoms with van der Waals surface area (Å²) in [5.41, 5.74) is 3.00. The highest BCUT2D eigenvalue weighted by Gasteiger charge is 2.30. The van der Waals surface area contributed by atoms with Gasteiger partial charge in [-0.3, -0.25) is 4.31 Å². The fourth-order valence-electron chi connectivity index (χ4n) is 4.87. The normalized spacial score (nSPS) is 11.1. The van der Waals surface area contributed by atoms with E-state index in [1.807, 2.05) is 28.6 Å². The molecule has 0 saturated carbocycles. The Morgan fingerprint density at radius 3 is 2.31 bits per heavy atom. The number of benzene rings is 4. The molecule has 0 bridgehead atoms. The molecule has 14 heteroatoms. The summed E-state index contributed by atoms with van der Waals surface area (Å²) in [4.78, 5) is 5.15. The molecule has 0 spiro atoms. The van der Waals surface area contributed by atoms with Crippen molar-refractivity contribution >= 4 is 28.6 Å². The molecule has 0 N–H and O–H groups in total. The van der Waals surface area contributed by atoms with Crippen LogP contribution in [0.3, 0.4) is 0 Å². The van der Waals surface area contributed by atoms with Gasteiger partial charge in [-0.25, -0.2) is 4.98 Å². The number of alkyl halides is 3. The van der Waals surface area contributed by atoms with Crippen molar-refractivity contribution in [3.8, 4) is 51.3 Å². The van der Waals surface area contributed by atoms with Crippen molar-refractivity contribution < 1.29 is 27.4 Å². The first-order chi connectivity index (χ1) is 23.7. The molecule has 0 saturated heterocycles. The summed E-state index contributed by atoms with van der Waals surface area (Å²) in [6.07, 6.45) is 0.137. The molecule has 0 unspecified atom stereocenters. The Morgan fingerprint density at radius 2 is 1.63 bits per heavy atom. The molecule has 0 amide bonds. The number of hydrogen-bond donors (Lipinski definition) is 0. The van der Waals surface area contributed by atoms with Gasteiger partial charge < -0.3 is 14.2 Å². The van der Waals surface area contributed by atoms with Gasteiger partial charge in [-0.05, 0) is 83.7 Å². The molecule has 6 rings (SSSR count). The van der Waals surface area contributed by atoms with E-state index in [-0.39, 0.29) is 5.56 Å². The molecular formula is C35H25F3N6O3S2. The lowest BCUT2D eigenvalue weighted by atomic mass is 9.98. The minimum Gasteiger partial charge on any atom is -0.497 e. The molecule has 9 nitrogen and oxygen atoms in total. The number of halogens is 3. The smallest absolute Gasteiger partial charge is 0.416 e. The van der Waals surface area contributed by atoms with E-state index in [0.717, 1.165) is 22.6 Å². The minimum absolute atomic E-state index is 0.287. The van der Waals surface area contributed by atoms with E-state index in [2.05, 4.69) is 25.6 Å². The monoisotopic (exact) mass is 698 g/mol. The lowest BCUT2D eigenvalue weighted by Crippen LogP contribution is -2.14. The van der Waals surface area contributed by atoms with Gasteiger partial charge in [-0.15, -0.1) is 0 Å². The Balaban J connectivity index is 1.29. The third kappa shape index (κ3) is 7.75. The van der Waals surface area contributed by atoms with Crippen LogP contribution in [-0.2, 0) is 12.7 Å². The van der Waals surface area contributed by atoms with Gasteiger partial charge in [-0.2, -0.15) is 33.0 Å². The van der Waals surface area contributed by atoms with Crippen molar-refractivity contribution in [3.63, 3.8) is 0 Å². The Bertz CT molecular complexity index is 2090. The Labute approximate surface area is 287 Å². The van der Waals surface area contributed by atoms with Gasteiger partial charge in [0.05, 0.1) is 44.3 Å². The van der Waals surface area contributed by atoms with Crippen molar-refractivity contribution in [3.05, 3.63) is 120 Å². The van der Waals surface area contributed by atoms with Gasteiger partial charge in [0.25, 0.3) is 0 Å². The molecule has 0 aliphatic rings. The predicted octanol–water partition coefficient (Wildman–Crippen LogP) is 9.08. The second-order valence-corrected chi connectivity index (χ2v) is 12.2. The van der Waals surface area contributed by atoms with Crippen molar-refractivity contribution in [2.75, 3.05) is 18.5 Å². The molecule has 2 heterocycles. The third-order valence-electron chi connectivity index (χ3n) is 7.30. The van der Waals surface area contributed by atoms with Gasteiger partial charge in [-0.1, -0.05) is 18.2 Å².